The molecule has 1 heterocycles. The number of nitrogens with two attached hydrogens (primary N) is 2. The molecule has 0 amide bonds. The summed E-state index contributed by atoms with van der Waals surface area (Å²) in [6.07, 6.45) is 0. The van der Waals surface area contributed by atoms with Crippen LogP contribution in [0.3, 0.4) is 0 Å². The third-order valence-corrected chi connectivity index (χ3v) is 3.55. The number of nitrogens with one attached hydrogen (secondary N) is 1. The van der Waals surface area contributed by atoms with Crippen molar-refractivity contribution >= 4 is 0 Å². The van der Waals surface area contributed by atoms with E-state index in [0.29, 0.717) is 6.54 Å². The van der Waals surface area contributed by atoms with Gasteiger partial charge in [0.15, 0.2) is 0 Å². The zero-order valence-corrected chi connectivity index (χ0v) is 11.4. The van der Waals surface area contributed by atoms with Crippen LogP contribution in [0.25, 0.3) is 0 Å². The van der Waals surface area contributed by atoms with Gasteiger partial charge in [-0.3, -0.25) is 9.80 Å². The lowest BCUT2D eigenvalue weighted by atomic mass is 10.0. The minimum Gasteiger partial charge on any atom is -0.329 e. The quantitative estimate of drug-likeness (QED) is 0.495. The summed E-state index contributed by atoms with van der Waals surface area (Å²) in [6, 6.07) is 0. The Morgan fingerprint density at radius 3 is 2.24 bits per heavy atom. The lowest BCUT2D eigenvalue weighted by Crippen LogP contribution is -2.58. The van der Waals surface area contributed by atoms with Crippen LogP contribution >= 0.6 is 0 Å². The van der Waals surface area contributed by atoms with Crippen LogP contribution in [-0.2, 0) is 0 Å². The zero-order valence-electron chi connectivity index (χ0n) is 11.4. The zero-order chi connectivity index (χ0) is 12.7. The van der Waals surface area contributed by atoms with Gasteiger partial charge in [-0.15, -0.1) is 0 Å². The van der Waals surface area contributed by atoms with Crippen molar-refractivity contribution in [3.05, 3.63) is 0 Å². The summed E-state index contributed by atoms with van der Waals surface area (Å²) >= 11 is 0. The van der Waals surface area contributed by atoms with Crippen LogP contribution in [0.4, 0.5) is 0 Å². The first-order valence-corrected chi connectivity index (χ1v) is 6.68. The Morgan fingerprint density at radius 1 is 1.06 bits per heavy atom. The SMILES string of the molecule is CC(C)(CNCCN)N1CCN(CCN)CC1. The minimum atomic E-state index is 0.212. The van der Waals surface area contributed by atoms with Crippen LogP contribution in [0, 0.1) is 0 Å². The maximum absolute atomic E-state index is 5.58. The maximum atomic E-state index is 5.58. The molecule has 1 rings (SSSR count). The summed E-state index contributed by atoms with van der Waals surface area (Å²) in [5.41, 5.74) is 11.3. The molecule has 1 aliphatic rings. The van der Waals surface area contributed by atoms with Gasteiger partial charge in [0.2, 0.25) is 0 Å². The van der Waals surface area contributed by atoms with E-state index in [-0.39, 0.29) is 5.54 Å². The molecule has 0 saturated carbocycles. The van der Waals surface area contributed by atoms with Crippen molar-refractivity contribution < 1.29 is 0 Å². The van der Waals surface area contributed by atoms with Crippen molar-refractivity contribution in [2.75, 3.05) is 58.9 Å². The number of rotatable bonds is 7. The lowest BCUT2D eigenvalue weighted by Gasteiger charge is -2.44. The van der Waals surface area contributed by atoms with Crippen molar-refractivity contribution in [2.24, 2.45) is 11.5 Å². The van der Waals surface area contributed by atoms with Gasteiger partial charge in [-0.1, -0.05) is 0 Å². The first-order valence-electron chi connectivity index (χ1n) is 6.68. The molecule has 5 nitrogen and oxygen atoms in total. The second-order valence-corrected chi connectivity index (χ2v) is 5.40. The fourth-order valence-corrected chi connectivity index (χ4v) is 2.37. The third kappa shape index (κ3) is 4.89. The van der Waals surface area contributed by atoms with Gasteiger partial charge < -0.3 is 16.8 Å². The molecule has 0 aliphatic carbocycles. The van der Waals surface area contributed by atoms with Crippen molar-refractivity contribution in [3.63, 3.8) is 0 Å². The van der Waals surface area contributed by atoms with Crippen LogP contribution in [0.5, 0.6) is 0 Å². The number of hydrogen-bond acceptors (Lipinski definition) is 5. The average molecular weight is 243 g/mol. The molecular formula is C12H29N5. The van der Waals surface area contributed by atoms with Gasteiger partial charge >= 0.3 is 0 Å². The summed E-state index contributed by atoms with van der Waals surface area (Å²) in [5.74, 6) is 0. The molecule has 0 unspecified atom stereocenters. The second-order valence-electron chi connectivity index (χ2n) is 5.40. The van der Waals surface area contributed by atoms with E-state index < -0.39 is 0 Å². The fourth-order valence-electron chi connectivity index (χ4n) is 2.37. The van der Waals surface area contributed by atoms with E-state index in [1.165, 1.54) is 0 Å². The van der Waals surface area contributed by atoms with Gasteiger partial charge in [0.1, 0.15) is 0 Å². The van der Waals surface area contributed by atoms with Crippen LogP contribution in [0.2, 0.25) is 0 Å². The summed E-state index contributed by atoms with van der Waals surface area (Å²) in [7, 11) is 0. The number of nitrogens with zero attached hydrogens (tertiary/aromatic N) is 2. The van der Waals surface area contributed by atoms with Crippen LogP contribution < -0.4 is 16.8 Å². The monoisotopic (exact) mass is 243 g/mol. The molecule has 0 aromatic heterocycles. The fraction of sp³-hybridized carbons (Fsp3) is 1.00. The van der Waals surface area contributed by atoms with E-state index in [4.69, 9.17) is 11.5 Å². The molecule has 0 aromatic rings. The summed E-state index contributed by atoms with van der Waals surface area (Å²) in [5, 5.41) is 3.41. The van der Waals surface area contributed by atoms with Gasteiger partial charge in [0, 0.05) is 64.4 Å². The lowest BCUT2D eigenvalue weighted by molar-refractivity contribution is 0.0535. The van der Waals surface area contributed by atoms with Crippen molar-refractivity contribution in [1.29, 1.82) is 0 Å². The Labute approximate surface area is 105 Å². The highest BCUT2D eigenvalue weighted by atomic mass is 15.3. The molecule has 17 heavy (non-hydrogen) atoms. The Bertz CT molecular complexity index is 199. The van der Waals surface area contributed by atoms with E-state index in [1.54, 1.807) is 0 Å². The molecule has 0 aromatic carbocycles. The Hall–Kier alpha value is -0.200. The highest BCUT2D eigenvalue weighted by Gasteiger charge is 2.29. The van der Waals surface area contributed by atoms with Gasteiger partial charge in [-0.25, -0.2) is 0 Å². The molecule has 0 spiro atoms. The Kier molecular flexibility index (Phi) is 6.37. The van der Waals surface area contributed by atoms with E-state index in [1.807, 2.05) is 0 Å². The summed E-state index contributed by atoms with van der Waals surface area (Å²) < 4.78 is 0. The Morgan fingerprint density at radius 2 is 1.71 bits per heavy atom. The molecule has 1 aliphatic heterocycles. The van der Waals surface area contributed by atoms with Crippen LogP contribution in [-0.4, -0.2) is 74.2 Å². The predicted molar refractivity (Wildman–Crippen MR) is 73.1 cm³/mol. The molecule has 0 atom stereocenters. The standard InChI is InChI=1S/C12H29N5/c1-12(2,11-15-5-3-13)17-9-7-16(6-4-14)8-10-17/h15H,3-11,13-14H2,1-2H3. The van der Waals surface area contributed by atoms with Gasteiger partial charge in [-0.2, -0.15) is 0 Å². The van der Waals surface area contributed by atoms with E-state index in [2.05, 4.69) is 29.0 Å². The molecule has 5 heteroatoms. The van der Waals surface area contributed by atoms with Crippen molar-refractivity contribution in [3.8, 4) is 0 Å². The molecule has 1 fully saturated rings. The molecule has 0 bridgehead atoms. The third-order valence-electron chi connectivity index (χ3n) is 3.55. The number of piperazine rings is 1. The van der Waals surface area contributed by atoms with Crippen molar-refractivity contribution in [2.45, 2.75) is 19.4 Å². The van der Waals surface area contributed by atoms with E-state index in [9.17, 15) is 0 Å². The Balaban J connectivity index is 2.30. The minimum absolute atomic E-state index is 0.212. The molecule has 1 saturated heterocycles. The van der Waals surface area contributed by atoms with Crippen LogP contribution in [0.1, 0.15) is 13.8 Å². The number of hydrogen-bond donors (Lipinski definition) is 3. The normalized spacial score (nSPS) is 19.8. The molecule has 5 N–H and O–H groups in total. The first kappa shape index (κ1) is 14.9. The molecular weight excluding hydrogens is 214 g/mol. The summed E-state index contributed by atoms with van der Waals surface area (Å²) in [4.78, 5) is 5.00. The van der Waals surface area contributed by atoms with Gasteiger partial charge in [0.05, 0.1) is 0 Å². The second kappa shape index (κ2) is 7.28. The topological polar surface area (TPSA) is 70.5 Å². The average Bonchev–Trinajstić information content (AvgIpc) is 2.30. The van der Waals surface area contributed by atoms with Crippen molar-refractivity contribution in [1.82, 2.24) is 15.1 Å². The highest BCUT2D eigenvalue weighted by molar-refractivity contribution is 4.87. The summed E-state index contributed by atoms with van der Waals surface area (Å²) in [6.45, 7) is 13.5. The smallest absolute Gasteiger partial charge is 0.0278 e. The van der Waals surface area contributed by atoms with Gasteiger partial charge in [0.25, 0.3) is 0 Å². The van der Waals surface area contributed by atoms with Crippen LogP contribution in [0.15, 0.2) is 0 Å². The molecule has 102 valence electrons. The maximum Gasteiger partial charge on any atom is 0.0278 e. The van der Waals surface area contributed by atoms with E-state index >= 15 is 0 Å². The van der Waals surface area contributed by atoms with Gasteiger partial charge in [-0.05, 0) is 13.8 Å². The first-order chi connectivity index (χ1) is 8.10. The largest absolute Gasteiger partial charge is 0.329 e. The highest BCUT2D eigenvalue weighted by Crippen LogP contribution is 2.15. The molecule has 0 radical (unpaired) electrons. The van der Waals surface area contributed by atoms with E-state index in [0.717, 1.165) is 52.4 Å². The predicted octanol–water partition coefficient (Wildman–Crippen LogP) is -1.11.